The molecule has 0 bridgehead atoms. The summed E-state index contributed by atoms with van der Waals surface area (Å²) >= 11 is 1.70. The Kier molecular flexibility index (Phi) is 4.12. The lowest BCUT2D eigenvalue weighted by Crippen LogP contribution is -2.46. The Bertz CT molecular complexity index is 841. The molecule has 2 saturated heterocycles. The molecule has 4 rings (SSSR count). The maximum absolute atomic E-state index is 12.0. The number of carbonyl (C=O) groups is 1. The number of carboxylic acids is 1. The van der Waals surface area contributed by atoms with Crippen LogP contribution in [0.3, 0.4) is 0 Å². The second-order valence-corrected chi connectivity index (χ2v) is 7.94. The van der Waals surface area contributed by atoms with E-state index in [0.29, 0.717) is 19.8 Å². The molecule has 0 aliphatic carbocycles. The number of fused-ring (bicyclic) bond motifs is 2. The van der Waals surface area contributed by atoms with Gasteiger partial charge in [0.25, 0.3) is 0 Å². The second-order valence-electron chi connectivity index (χ2n) is 7.06. The van der Waals surface area contributed by atoms with Gasteiger partial charge in [-0.05, 0) is 49.3 Å². The van der Waals surface area contributed by atoms with Gasteiger partial charge in [0.15, 0.2) is 0 Å². The number of aromatic nitrogens is 1. The van der Waals surface area contributed by atoms with Gasteiger partial charge in [-0.3, -0.25) is 4.79 Å². The van der Waals surface area contributed by atoms with Gasteiger partial charge < -0.3 is 14.7 Å². The van der Waals surface area contributed by atoms with Gasteiger partial charge in [0.05, 0.1) is 12.1 Å². The number of anilines is 1. The molecule has 2 fully saturated rings. The molecule has 2 atom stereocenters. The molecule has 0 saturated carbocycles. The van der Waals surface area contributed by atoms with E-state index >= 15 is 0 Å². The van der Waals surface area contributed by atoms with Crippen molar-refractivity contribution in [3.8, 4) is 0 Å². The number of pyridine rings is 1. The maximum atomic E-state index is 12.0. The van der Waals surface area contributed by atoms with Crippen LogP contribution in [-0.4, -0.2) is 48.6 Å². The third-order valence-corrected chi connectivity index (χ3v) is 6.35. The molecule has 3 heterocycles. The summed E-state index contributed by atoms with van der Waals surface area (Å²) in [6.45, 7) is 4.23. The van der Waals surface area contributed by atoms with Gasteiger partial charge in [-0.2, -0.15) is 0 Å². The van der Waals surface area contributed by atoms with Crippen LogP contribution in [0.2, 0.25) is 0 Å². The van der Waals surface area contributed by atoms with E-state index in [1.165, 1.54) is 10.5 Å². The van der Waals surface area contributed by atoms with Gasteiger partial charge in [-0.15, -0.1) is 11.8 Å². The highest BCUT2D eigenvalue weighted by Gasteiger charge is 2.54. The zero-order chi connectivity index (χ0) is 17.6. The molecule has 2 aliphatic rings. The summed E-state index contributed by atoms with van der Waals surface area (Å²) in [4.78, 5) is 20.1. The SMILES string of the molecule is CSc1ccc2c(C)cc(N3C[C@@H]4CCOC[C@]4(C(=O)O)C3)nc2c1. The fourth-order valence-electron chi connectivity index (χ4n) is 4.12. The number of carboxylic acid groups (broad SMARTS) is 1. The molecule has 1 aromatic carbocycles. The topological polar surface area (TPSA) is 62.7 Å². The van der Waals surface area contributed by atoms with Crippen molar-refractivity contribution in [2.45, 2.75) is 18.2 Å². The molecule has 0 amide bonds. The Morgan fingerprint density at radius 3 is 3.00 bits per heavy atom. The van der Waals surface area contributed by atoms with Gasteiger partial charge in [-0.1, -0.05) is 6.07 Å². The average molecular weight is 358 g/mol. The zero-order valence-electron chi connectivity index (χ0n) is 14.5. The van der Waals surface area contributed by atoms with Crippen LogP contribution in [0.15, 0.2) is 29.2 Å². The predicted octanol–water partition coefficient (Wildman–Crippen LogP) is 3.19. The first-order valence-corrected chi connectivity index (χ1v) is 9.77. The highest BCUT2D eigenvalue weighted by atomic mass is 32.2. The molecule has 25 heavy (non-hydrogen) atoms. The van der Waals surface area contributed by atoms with E-state index in [9.17, 15) is 9.90 Å². The van der Waals surface area contributed by atoms with Crippen molar-refractivity contribution in [3.63, 3.8) is 0 Å². The van der Waals surface area contributed by atoms with Crippen LogP contribution in [0, 0.1) is 18.3 Å². The quantitative estimate of drug-likeness (QED) is 0.850. The van der Waals surface area contributed by atoms with Crippen LogP contribution in [0.5, 0.6) is 0 Å². The predicted molar refractivity (Wildman–Crippen MR) is 99.5 cm³/mol. The van der Waals surface area contributed by atoms with Crippen molar-refractivity contribution in [1.82, 2.24) is 4.98 Å². The minimum atomic E-state index is -0.802. The van der Waals surface area contributed by atoms with E-state index in [1.54, 1.807) is 11.8 Å². The Morgan fingerprint density at radius 2 is 2.28 bits per heavy atom. The first-order chi connectivity index (χ1) is 12.0. The molecule has 6 heteroatoms. The largest absolute Gasteiger partial charge is 0.481 e. The van der Waals surface area contributed by atoms with Crippen LogP contribution in [-0.2, 0) is 9.53 Å². The molecule has 1 aromatic heterocycles. The lowest BCUT2D eigenvalue weighted by Gasteiger charge is -2.33. The van der Waals surface area contributed by atoms with E-state index in [4.69, 9.17) is 9.72 Å². The van der Waals surface area contributed by atoms with Crippen LogP contribution >= 0.6 is 11.8 Å². The van der Waals surface area contributed by atoms with Gasteiger partial charge in [0.2, 0.25) is 0 Å². The van der Waals surface area contributed by atoms with Crippen LogP contribution < -0.4 is 4.90 Å². The first kappa shape index (κ1) is 16.7. The number of hydrogen-bond donors (Lipinski definition) is 1. The normalized spacial score (nSPS) is 26.0. The molecule has 0 unspecified atom stereocenters. The first-order valence-electron chi connectivity index (χ1n) is 8.55. The molecule has 2 aromatic rings. The lowest BCUT2D eigenvalue weighted by molar-refractivity contribution is -0.159. The number of ether oxygens (including phenoxy) is 1. The number of thioether (sulfide) groups is 1. The third-order valence-electron chi connectivity index (χ3n) is 5.63. The van der Waals surface area contributed by atoms with Crippen molar-refractivity contribution in [2.24, 2.45) is 11.3 Å². The van der Waals surface area contributed by atoms with E-state index < -0.39 is 11.4 Å². The second kappa shape index (κ2) is 6.18. The van der Waals surface area contributed by atoms with E-state index in [1.807, 2.05) is 0 Å². The molecular formula is C19H22N2O3S. The highest BCUT2D eigenvalue weighted by Crippen LogP contribution is 2.43. The molecule has 0 radical (unpaired) electrons. The monoisotopic (exact) mass is 358 g/mol. The molecule has 0 spiro atoms. The lowest BCUT2D eigenvalue weighted by atomic mass is 9.76. The van der Waals surface area contributed by atoms with Gasteiger partial charge in [-0.25, -0.2) is 4.98 Å². The summed E-state index contributed by atoms with van der Waals surface area (Å²) in [5.74, 6) is 0.245. The molecule has 1 N–H and O–H groups in total. The summed E-state index contributed by atoms with van der Waals surface area (Å²) in [5, 5.41) is 11.0. The van der Waals surface area contributed by atoms with Crippen LogP contribution in [0.4, 0.5) is 5.82 Å². The van der Waals surface area contributed by atoms with E-state index in [2.05, 4.69) is 42.3 Å². The molecular weight excluding hydrogens is 336 g/mol. The number of nitrogens with zero attached hydrogens (tertiary/aromatic N) is 2. The Labute approximate surface area is 151 Å². The standard InChI is InChI=1S/C19H22N2O3S/c1-12-7-17(20-16-8-14(25-2)3-4-15(12)16)21-9-13-5-6-24-11-19(13,10-21)18(22)23/h3-4,7-8,13H,5-6,9-11H2,1-2H3,(H,22,23)/t13-,19+/m0/s1. The Morgan fingerprint density at radius 1 is 1.44 bits per heavy atom. The average Bonchev–Trinajstić information content (AvgIpc) is 3.02. The van der Waals surface area contributed by atoms with Crippen molar-refractivity contribution < 1.29 is 14.6 Å². The molecule has 2 aliphatic heterocycles. The summed E-state index contributed by atoms with van der Waals surface area (Å²) in [6, 6.07) is 8.41. The fourth-order valence-corrected chi connectivity index (χ4v) is 4.55. The van der Waals surface area contributed by atoms with E-state index in [-0.39, 0.29) is 5.92 Å². The zero-order valence-corrected chi connectivity index (χ0v) is 15.3. The maximum Gasteiger partial charge on any atom is 0.314 e. The number of rotatable bonds is 3. The van der Waals surface area contributed by atoms with Crippen LogP contribution in [0.1, 0.15) is 12.0 Å². The summed E-state index contributed by atoms with van der Waals surface area (Å²) in [6.07, 6.45) is 2.85. The van der Waals surface area contributed by atoms with Gasteiger partial charge >= 0.3 is 5.97 Å². The van der Waals surface area contributed by atoms with Gasteiger partial charge in [0.1, 0.15) is 11.2 Å². The highest BCUT2D eigenvalue weighted by molar-refractivity contribution is 7.98. The molecule has 132 valence electrons. The van der Waals surface area contributed by atoms with Gasteiger partial charge in [0, 0.05) is 30.0 Å². The summed E-state index contributed by atoms with van der Waals surface area (Å²) < 4.78 is 5.53. The Hall–Kier alpha value is -1.79. The third kappa shape index (κ3) is 2.68. The minimum Gasteiger partial charge on any atom is -0.481 e. The van der Waals surface area contributed by atoms with Crippen molar-refractivity contribution in [2.75, 3.05) is 37.5 Å². The summed E-state index contributed by atoms with van der Waals surface area (Å²) in [5.41, 5.74) is 1.34. The van der Waals surface area contributed by atoms with Crippen molar-refractivity contribution in [3.05, 3.63) is 29.8 Å². The number of aliphatic carboxylic acids is 1. The Balaban J connectivity index is 1.73. The smallest absolute Gasteiger partial charge is 0.314 e. The number of benzene rings is 1. The molecule has 5 nitrogen and oxygen atoms in total. The number of hydrogen-bond acceptors (Lipinski definition) is 5. The van der Waals surface area contributed by atoms with Crippen molar-refractivity contribution in [1.29, 1.82) is 0 Å². The van der Waals surface area contributed by atoms with Crippen LogP contribution in [0.25, 0.3) is 10.9 Å². The van der Waals surface area contributed by atoms with E-state index in [0.717, 1.165) is 29.7 Å². The number of aryl methyl sites for hydroxylation is 1. The fraction of sp³-hybridized carbons (Fsp3) is 0.474. The minimum absolute atomic E-state index is 0.120. The summed E-state index contributed by atoms with van der Waals surface area (Å²) in [7, 11) is 0. The van der Waals surface area contributed by atoms with Crippen molar-refractivity contribution >= 4 is 34.5 Å².